The summed E-state index contributed by atoms with van der Waals surface area (Å²) in [6, 6.07) is 11.1. The van der Waals surface area contributed by atoms with Gasteiger partial charge in [-0.25, -0.2) is 14.8 Å². The number of benzene rings is 2. The summed E-state index contributed by atoms with van der Waals surface area (Å²) in [7, 11) is 1.24. The number of methoxy groups -OCH3 is 1. The number of aromatic amines is 1. The van der Waals surface area contributed by atoms with E-state index in [0.717, 1.165) is 18.9 Å². The zero-order valence-electron chi connectivity index (χ0n) is 35.3. The van der Waals surface area contributed by atoms with Gasteiger partial charge in [-0.2, -0.15) is 0 Å². The SMILES string of the molecule is COC(=O)NC(C(=O)N1CCCC1c1ncc(-c2ccc(-c3cc(Cl)c(NC(=O)c4ccc(N5CCN(C(=O)C6CC6(C)C)CC5C)nc4)cc3OC(F)(F)F)cc2)[nH]1)C(C)C. The number of alkyl carbamates (subject to hydrolysis) is 1. The number of alkyl halides is 3. The molecule has 2 aromatic carbocycles. The minimum atomic E-state index is -5.06. The second-order valence-electron chi connectivity index (χ2n) is 17.1. The Morgan fingerprint density at radius 1 is 0.984 bits per heavy atom. The van der Waals surface area contributed by atoms with Gasteiger partial charge < -0.3 is 39.8 Å². The number of anilines is 2. The monoisotopic (exact) mass is 878 g/mol. The van der Waals surface area contributed by atoms with Gasteiger partial charge in [-0.1, -0.05) is 63.6 Å². The number of piperazine rings is 1. The molecule has 3 aliphatic rings. The number of hydrogen-bond acceptors (Lipinski definition) is 9. The van der Waals surface area contributed by atoms with E-state index in [9.17, 15) is 32.3 Å². The van der Waals surface area contributed by atoms with Gasteiger partial charge in [0.15, 0.2) is 0 Å². The van der Waals surface area contributed by atoms with Gasteiger partial charge in [0.1, 0.15) is 23.4 Å². The molecule has 14 nitrogen and oxygen atoms in total. The molecule has 0 bridgehead atoms. The van der Waals surface area contributed by atoms with Gasteiger partial charge in [-0.15, -0.1) is 13.2 Å². The first kappa shape index (κ1) is 44.2. The topological polar surface area (TPSA) is 162 Å². The molecule has 62 heavy (non-hydrogen) atoms. The molecule has 3 N–H and O–H groups in total. The number of halogens is 4. The zero-order valence-corrected chi connectivity index (χ0v) is 36.1. The van der Waals surface area contributed by atoms with E-state index in [1.165, 1.54) is 19.4 Å². The van der Waals surface area contributed by atoms with Crippen LogP contribution in [0.25, 0.3) is 22.4 Å². The fourth-order valence-corrected chi connectivity index (χ4v) is 8.46. The second kappa shape index (κ2) is 17.5. The molecule has 4 unspecified atom stereocenters. The summed E-state index contributed by atoms with van der Waals surface area (Å²) in [5.74, 6) is -0.212. The van der Waals surface area contributed by atoms with Crippen molar-refractivity contribution in [2.24, 2.45) is 17.3 Å². The van der Waals surface area contributed by atoms with E-state index in [1.807, 2.05) is 25.7 Å². The molecule has 7 rings (SSSR count). The van der Waals surface area contributed by atoms with Gasteiger partial charge in [-0.3, -0.25) is 14.4 Å². The van der Waals surface area contributed by atoms with Gasteiger partial charge in [-0.05, 0) is 66.8 Å². The summed E-state index contributed by atoms with van der Waals surface area (Å²) < 4.78 is 50.4. The van der Waals surface area contributed by atoms with Gasteiger partial charge in [0, 0.05) is 56.0 Å². The number of amides is 4. The van der Waals surface area contributed by atoms with Crippen LogP contribution in [0.5, 0.6) is 5.75 Å². The second-order valence-corrected chi connectivity index (χ2v) is 17.5. The number of hydrogen-bond donors (Lipinski definition) is 3. The summed E-state index contributed by atoms with van der Waals surface area (Å²) in [6.45, 7) is 12.1. The van der Waals surface area contributed by atoms with Crippen molar-refractivity contribution < 1.29 is 41.8 Å². The first-order chi connectivity index (χ1) is 29.3. The summed E-state index contributed by atoms with van der Waals surface area (Å²) in [6.07, 6.45) is -0.450. The van der Waals surface area contributed by atoms with E-state index in [-0.39, 0.29) is 63.0 Å². The summed E-state index contributed by atoms with van der Waals surface area (Å²) in [5.41, 5.74) is 1.79. The minimum Gasteiger partial charge on any atom is -0.453 e. The molecular formula is C44H50ClF3N8O6. The van der Waals surface area contributed by atoms with Gasteiger partial charge in [0.05, 0.1) is 41.3 Å². The molecule has 4 aromatic rings. The Bertz CT molecular complexity index is 2320. The van der Waals surface area contributed by atoms with E-state index in [2.05, 4.69) is 49.1 Å². The lowest BCUT2D eigenvalue weighted by atomic mass is 10.0. The van der Waals surface area contributed by atoms with Crippen molar-refractivity contribution in [2.75, 3.05) is 43.5 Å². The Morgan fingerprint density at radius 3 is 2.31 bits per heavy atom. The molecule has 0 spiro atoms. The van der Waals surface area contributed by atoms with Crippen molar-refractivity contribution in [3.8, 4) is 28.1 Å². The predicted molar refractivity (Wildman–Crippen MR) is 226 cm³/mol. The third-order valence-corrected chi connectivity index (χ3v) is 12.3. The third-order valence-electron chi connectivity index (χ3n) is 11.9. The van der Waals surface area contributed by atoms with Crippen molar-refractivity contribution in [3.63, 3.8) is 0 Å². The first-order valence-electron chi connectivity index (χ1n) is 20.6. The molecule has 18 heteroatoms. The maximum atomic E-state index is 13.8. The number of nitrogens with zero attached hydrogens (tertiary/aromatic N) is 5. The largest absolute Gasteiger partial charge is 0.573 e. The average molecular weight is 879 g/mol. The van der Waals surface area contributed by atoms with Crippen LogP contribution in [0.1, 0.15) is 76.1 Å². The van der Waals surface area contributed by atoms with Crippen LogP contribution in [-0.4, -0.2) is 100 Å². The number of imidazole rings is 1. The number of aromatic nitrogens is 3. The van der Waals surface area contributed by atoms with Crippen molar-refractivity contribution in [2.45, 2.75) is 78.4 Å². The third kappa shape index (κ3) is 9.62. The summed E-state index contributed by atoms with van der Waals surface area (Å²) >= 11 is 6.59. The molecule has 4 atom stereocenters. The molecule has 1 saturated carbocycles. The molecule has 1 aliphatic carbocycles. The van der Waals surface area contributed by atoms with Crippen LogP contribution in [0.2, 0.25) is 5.02 Å². The number of rotatable bonds is 11. The smallest absolute Gasteiger partial charge is 0.453 e. The number of likely N-dealkylation sites (tertiary alicyclic amines) is 1. The summed E-state index contributed by atoms with van der Waals surface area (Å²) in [5, 5.41) is 5.20. The average Bonchev–Trinajstić information content (AvgIpc) is 3.57. The minimum absolute atomic E-state index is 0.00451. The van der Waals surface area contributed by atoms with E-state index < -0.39 is 30.2 Å². The van der Waals surface area contributed by atoms with Crippen LogP contribution in [0.4, 0.5) is 29.5 Å². The quantitative estimate of drug-likeness (QED) is 0.135. The fraction of sp³-hybridized carbons (Fsp3) is 0.455. The zero-order chi connectivity index (χ0) is 44.7. The van der Waals surface area contributed by atoms with E-state index in [4.69, 9.17) is 16.3 Å². The number of H-pyrrole nitrogens is 1. The highest BCUT2D eigenvalue weighted by Crippen LogP contribution is 2.52. The Balaban J connectivity index is 1.03. The number of ether oxygens (including phenoxy) is 2. The van der Waals surface area contributed by atoms with E-state index >= 15 is 0 Å². The molecule has 330 valence electrons. The lowest BCUT2D eigenvalue weighted by Crippen LogP contribution is -2.54. The number of nitrogens with one attached hydrogen (secondary N) is 3. The maximum Gasteiger partial charge on any atom is 0.573 e. The Labute approximate surface area is 362 Å². The molecule has 4 amide bonds. The van der Waals surface area contributed by atoms with Crippen molar-refractivity contribution in [1.29, 1.82) is 0 Å². The van der Waals surface area contributed by atoms with E-state index in [1.54, 1.807) is 47.5 Å². The van der Waals surface area contributed by atoms with Crippen molar-refractivity contribution >= 4 is 46.9 Å². The first-order valence-corrected chi connectivity index (χ1v) is 20.9. The number of carbonyl (C=O) groups is 4. The lowest BCUT2D eigenvalue weighted by Gasteiger charge is -2.40. The van der Waals surface area contributed by atoms with Crippen LogP contribution >= 0.6 is 11.6 Å². The Hall–Kier alpha value is -5.84. The van der Waals surface area contributed by atoms with Gasteiger partial charge in [0.2, 0.25) is 11.8 Å². The van der Waals surface area contributed by atoms with Gasteiger partial charge >= 0.3 is 12.5 Å². The normalized spacial score (nSPS) is 20.2. The maximum absolute atomic E-state index is 13.8. The van der Waals surface area contributed by atoms with Crippen LogP contribution in [0.3, 0.4) is 0 Å². The summed E-state index contributed by atoms with van der Waals surface area (Å²) in [4.78, 5) is 69.9. The molecule has 2 aliphatic heterocycles. The van der Waals surface area contributed by atoms with Gasteiger partial charge in [0.25, 0.3) is 5.91 Å². The molecule has 2 aromatic heterocycles. The lowest BCUT2D eigenvalue weighted by molar-refractivity contribution is -0.274. The van der Waals surface area contributed by atoms with Crippen molar-refractivity contribution in [3.05, 3.63) is 77.3 Å². The highest BCUT2D eigenvalue weighted by molar-refractivity contribution is 6.34. The molecule has 4 heterocycles. The van der Waals surface area contributed by atoms with Crippen LogP contribution < -0.4 is 20.3 Å². The Morgan fingerprint density at radius 2 is 1.69 bits per heavy atom. The standard InChI is InChI=1S/C44H50ClF3N8O6/c1-24(2)37(53-42(60)61-6)41(59)56-15-7-8-34(56)38-50-22-33(51-38)27-11-9-26(10-12-27)29-18-31(45)32(19-35(29)62-44(46,47)48)52-39(57)28-13-14-36(49-21-28)55-17-16-54(23-25(55)3)40(58)30-20-43(30,4)5/h9-14,18-19,21-22,24-25,30,34,37H,7-8,15-17,20,23H2,1-6H3,(H,50,51)(H,52,57)(H,53,60). The van der Waals surface area contributed by atoms with Crippen LogP contribution in [-0.2, 0) is 14.3 Å². The van der Waals surface area contributed by atoms with E-state index in [0.29, 0.717) is 61.1 Å². The van der Waals surface area contributed by atoms with Crippen molar-refractivity contribution in [1.82, 2.24) is 30.1 Å². The highest BCUT2D eigenvalue weighted by atomic mass is 35.5. The molecule has 2 saturated heterocycles. The number of carbonyl (C=O) groups excluding carboxylic acids is 4. The van der Waals surface area contributed by atoms with Crippen LogP contribution in [0, 0.1) is 17.3 Å². The van der Waals surface area contributed by atoms with Crippen LogP contribution in [0.15, 0.2) is 60.9 Å². The Kier molecular flexibility index (Phi) is 12.5. The number of pyridine rings is 1. The predicted octanol–water partition coefficient (Wildman–Crippen LogP) is 8.07. The molecule has 0 radical (unpaired) electrons. The molecular weight excluding hydrogens is 829 g/mol. The highest BCUT2D eigenvalue weighted by Gasteiger charge is 2.52. The molecule has 3 fully saturated rings. The fourth-order valence-electron chi connectivity index (χ4n) is 8.25.